The van der Waals surface area contributed by atoms with Crippen LogP contribution in [0, 0.1) is 5.41 Å². The Balaban J connectivity index is 2.69. The molecule has 1 aliphatic rings. The third kappa shape index (κ3) is 27.3. The van der Waals surface area contributed by atoms with Crippen molar-refractivity contribution >= 4 is 17.7 Å². The van der Waals surface area contributed by atoms with Crippen molar-refractivity contribution in [3.63, 3.8) is 0 Å². The number of aliphatic hydroxyl groups excluding tert-OH is 11. The maximum absolute atomic E-state index is 11.8. The van der Waals surface area contributed by atoms with Crippen LogP contribution in [0.5, 0.6) is 0 Å². The van der Waals surface area contributed by atoms with Crippen molar-refractivity contribution in [3.8, 4) is 0 Å². The van der Waals surface area contributed by atoms with Crippen molar-refractivity contribution in [2.45, 2.75) is 160 Å². The van der Waals surface area contributed by atoms with Crippen molar-refractivity contribution in [2.75, 3.05) is 79.3 Å². The number of amides is 3. The molecule has 0 spiro atoms. The van der Waals surface area contributed by atoms with E-state index in [1.54, 1.807) is 0 Å². The van der Waals surface area contributed by atoms with Gasteiger partial charge >= 0.3 is 0 Å². The SMILES string of the molecule is CC(=O)N/C(=C(/O)[C@@H](O)CCO)[C@@H](O)OCCCCCOCC(C)(COCCCCCO[C@@H]1OC(CO)[C@H](O)C(O)CC1NC(C)=O)COCCCCCO[C@H](O)/C(NC(C)=O)=C(\O)[C@@H](O)CCO. The summed E-state index contributed by atoms with van der Waals surface area (Å²) < 4.78 is 40.5. The lowest BCUT2D eigenvalue weighted by atomic mass is 9.94. The standard InChI is InChI=1S/C45H83N3O21/c1-29(52)46-32-24-35(57)39(58)36(25-51)69-44(32)68-23-13-7-10-20-65-28-45(4,26-63-18-8-5-11-21-66-42(61)37(47-30(2)53)40(59)33(55)14-16-49)27-64-19-9-6-12-22-67-43(62)38(48-31(3)54)41(60)34(56)15-17-50/h32-36,39,42-44,49-51,55-62H,5-28H2,1-4H3,(H,46,52)(H,47,53)(H,48,54)/b40-37+,41-38+/t32?,33-,34-,35?,36?,39+,42-,43-,44+/m0/s1. The lowest BCUT2D eigenvalue weighted by molar-refractivity contribution is -0.205. The van der Waals surface area contributed by atoms with E-state index in [1.807, 2.05) is 6.92 Å². The summed E-state index contributed by atoms with van der Waals surface area (Å²) in [4.78, 5) is 35.0. The van der Waals surface area contributed by atoms with Gasteiger partial charge in [0.05, 0.1) is 51.8 Å². The zero-order valence-corrected chi connectivity index (χ0v) is 40.7. The van der Waals surface area contributed by atoms with Crippen LogP contribution in [0.2, 0.25) is 0 Å². The second-order valence-electron chi connectivity index (χ2n) is 17.3. The molecule has 9 atom stereocenters. The Kier molecular flexibility index (Phi) is 34.0. The first kappa shape index (κ1) is 63.9. The summed E-state index contributed by atoms with van der Waals surface area (Å²) in [5.41, 5.74) is -1.37. The summed E-state index contributed by atoms with van der Waals surface area (Å²) in [5.74, 6) is -3.00. The van der Waals surface area contributed by atoms with E-state index in [4.69, 9.17) is 43.4 Å². The maximum Gasteiger partial charge on any atom is 0.221 e. The molecule has 24 heteroatoms. The van der Waals surface area contributed by atoms with E-state index < -0.39 is 115 Å². The highest BCUT2D eigenvalue weighted by Crippen LogP contribution is 2.23. The third-order valence-electron chi connectivity index (χ3n) is 10.6. The topological polar surface area (TPSA) is 374 Å². The molecule has 0 bridgehead atoms. The zero-order chi connectivity index (χ0) is 51.8. The number of hydrogen-bond donors (Lipinski definition) is 14. The molecule has 0 radical (unpaired) electrons. The largest absolute Gasteiger partial charge is 0.508 e. The Morgan fingerprint density at radius 3 is 1.41 bits per heavy atom. The molecule has 1 saturated heterocycles. The minimum Gasteiger partial charge on any atom is -0.508 e. The van der Waals surface area contributed by atoms with Crippen LogP contribution in [0.4, 0.5) is 0 Å². The van der Waals surface area contributed by atoms with Crippen molar-refractivity contribution in [1.29, 1.82) is 0 Å². The molecule has 0 aromatic rings. The summed E-state index contributed by atoms with van der Waals surface area (Å²) in [6.07, 6.45) is -6.04. The van der Waals surface area contributed by atoms with Gasteiger partial charge in [0.1, 0.15) is 47.3 Å². The Morgan fingerprint density at radius 1 is 0.623 bits per heavy atom. The fraction of sp³-hybridized carbons (Fsp3) is 0.844. The third-order valence-corrected chi connectivity index (χ3v) is 10.6. The molecule has 0 saturated carbocycles. The van der Waals surface area contributed by atoms with Crippen LogP contribution in [-0.4, -0.2) is 209 Å². The average molecular weight is 1000 g/mol. The van der Waals surface area contributed by atoms with Crippen LogP contribution < -0.4 is 16.0 Å². The number of aliphatic hydroxyl groups is 11. The van der Waals surface area contributed by atoms with E-state index in [1.165, 1.54) is 6.92 Å². The summed E-state index contributed by atoms with van der Waals surface area (Å²) in [6.45, 7) is 6.63. The quantitative estimate of drug-likeness (QED) is 0.0197. The first-order valence-corrected chi connectivity index (χ1v) is 23.6. The molecule has 3 amide bonds. The van der Waals surface area contributed by atoms with Crippen molar-refractivity contribution in [1.82, 2.24) is 16.0 Å². The van der Waals surface area contributed by atoms with Gasteiger partial charge in [-0.1, -0.05) is 6.92 Å². The summed E-state index contributed by atoms with van der Waals surface area (Å²) in [6, 6.07) is -0.737. The summed E-state index contributed by atoms with van der Waals surface area (Å²) in [5, 5.41) is 117. The minimum atomic E-state index is -1.73. The van der Waals surface area contributed by atoms with Crippen LogP contribution in [0.25, 0.3) is 0 Å². The Labute approximate surface area is 404 Å². The van der Waals surface area contributed by atoms with Crippen LogP contribution >= 0.6 is 0 Å². The molecule has 1 fully saturated rings. The van der Waals surface area contributed by atoms with Gasteiger partial charge in [-0.25, -0.2) is 0 Å². The zero-order valence-electron chi connectivity index (χ0n) is 40.7. The van der Waals surface area contributed by atoms with Gasteiger partial charge in [-0.3, -0.25) is 14.4 Å². The number of unbranched alkanes of at least 4 members (excludes halogenated alkanes) is 6. The first-order valence-electron chi connectivity index (χ1n) is 23.6. The van der Waals surface area contributed by atoms with Crippen LogP contribution in [0.1, 0.15) is 105 Å². The number of carbonyl (C=O) groups is 3. The molecule has 1 rings (SSSR count). The molecule has 404 valence electrons. The van der Waals surface area contributed by atoms with E-state index in [9.17, 15) is 60.3 Å². The minimum absolute atomic E-state index is 0.0231. The average Bonchev–Trinajstić information content (AvgIpc) is 3.40. The molecule has 0 aromatic carbocycles. The van der Waals surface area contributed by atoms with Gasteiger partial charge in [-0.05, 0) is 57.8 Å². The van der Waals surface area contributed by atoms with Gasteiger partial charge in [-0.2, -0.15) is 0 Å². The number of ether oxygens (including phenoxy) is 7. The van der Waals surface area contributed by atoms with Crippen molar-refractivity contribution < 1.29 is 104 Å². The highest BCUT2D eigenvalue weighted by molar-refractivity contribution is 5.75. The van der Waals surface area contributed by atoms with Crippen molar-refractivity contribution in [2.24, 2.45) is 5.41 Å². The normalized spacial score (nSPS) is 22.0. The molecule has 0 aromatic heterocycles. The molecular weight excluding hydrogens is 918 g/mol. The fourth-order valence-corrected chi connectivity index (χ4v) is 6.85. The van der Waals surface area contributed by atoms with Gasteiger partial charge in [0, 0.05) is 85.1 Å². The molecular formula is C45H83N3O21. The highest BCUT2D eigenvalue weighted by atomic mass is 16.7. The molecule has 69 heavy (non-hydrogen) atoms. The predicted octanol–water partition coefficient (Wildman–Crippen LogP) is -1.13. The molecule has 1 aliphatic heterocycles. The second kappa shape index (κ2) is 36.7. The number of carbonyl (C=O) groups excluding carboxylic acids is 3. The van der Waals surface area contributed by atoms with Gasteiger partial charge in [0.2, 0.25) is 17.7 Å². The Hall–Kier alpha value is -3.15. The van der Waals surface area contributed by atoms with E-state index in [2.05, 4.69) is 16.0 Å². The highest BCUT2D eigenvalue weighted by Gasteiger charge is 2.39. The Bertz CT molecular complexity index is 1420. The van der Waals surface area contributed by atoms with Crippen molar-refractivity contribution in [3.05, 3.63) is 22.9 Å². The fourth-order valence-electron chi connectivity index (χ4n) is 6.85. The van der Waals surface area contributed by atoms with Crippen LogP contribution in [0.3, 0.4) is 0 Å². The number of nitrogens with one attached hydrogen (secondary N) is 3. The van der Waals surface area contributed by atoms with E-state index in [-0.39, 0.29) is 45.0 Å². The van der Waals surface area contributed by atoms with E-state index in [0.29, 0.717) is 97.4 Å². The molecule has 24 nitrogen and oxygen atoms in total. The smallest absolute Gasteiger partial charge is 0.221 e. The number of hydrogen-bond acceptors (Lipinski definition) is 21. The monoisotopic (exact) mass is 1000 g/mol. The predicted molar refractivity (Wildman–Crippen MR) is 244 cm³/mol. The van der Waals surface area contributed by atoms with Crippen LogP contribution in [0.15, 0.2) is 22.9 Å². The molecule has 1 heterocycles. The molecule has 3 unspecified atom stereocenters. The van der Waals surface area contributed by atoms with Gasteiger partial charge in [0.25, 0.3) is 0 Å². The lowest BCUT2D eigenvalue weighted by Crippen LogP contribution is -2.46. The lowest BCUT2D eigenvalue weighted by Gasteiger charge is -2.29. The van der Waals surface area contributed by atoms with E-state index >= 15 is 0 Å². The van der Waals surface area contributed by atoms with E-state index in [0.717, 1.165) is 13.8 Å². The first-order chi connectivity index (χ1) is 32.8. The summed E-state index contributed by atoms with van der Waals surface area (Å²) in [7, 11) is 0. The summed E-state index contributed by atoms with van der Waals surface area (Å²) >= 11 is 0. The van der Waals surface area contributed by atoms with Crippen LogP contribution in [-0.2, 0) is 47.5 Å². The maximum atomic E-state index is 11.8. The van der Waals surface area contributed by atoms with Gasteiger partial charge in [-0.15, -0.1) is 0 Å². The molecule has 0 aliphatic carbocycles. The van der Waals surface area contributed by atoms with Gasteiger partial charge in [0.15, 0.2) is 18.9 Å². The number of rotatable bonds is 39. The second-order valence-corrected chi connectivity index (χ2v) is 17.3. The van der Waals surface area contributed by atoms with Gasteiger partial charge < -0.3 is 105 Å². The Morgan fingerprint density at radius 2 is 1.03 bits per heavy atom. The molecule has 14 N–H and O–H groups in total.